The topological polar surface area (TPSA) is 21.3 Å². The van der Waals surface area contributed by atoms with Crippen LogP contribution >= 0.6 is 0 Å². The third-order valence-electron chi connectivity index (χ3n) is 2.87. The lowest BCUT2D eigenvalue weighted by atomic mass is 9.86. The molecule has 0 aliphatic heterocycles. The van der Waals surface area contributed by atoms with Crippen molar-refractivity contribution in [1.82, 2.24) is 5.32 Å². The highest BCUT2D eigenvalue weighted by Crippen LogP contribution is 2.27. The summed E-state index contributed by atoms with van der Waals surface area (Å²) < 4.78 is 5.77. The van der Waals surface area contributed by atoms with Crippen molar-refractivity contribution in [2.75, 3.05) is 20.2 Å². The van der Waals surface area contributed by atoms with E-state index in [1.807, 2.05) is 7.05 Å². The van der Waals surface area contributed by atoms with E-state index in [1.165, 1.54) is 11.1 Å². The van der Waals surface area contributed by atoms with E-state index in [2.05, 4.69) is 51.2 Å². The van der Waals surface area contributed by atoms with Crippen LogP contribution in [0.5, 0.6) is 5.75 Å². The maximum Gasteiger partial charge on any atom is 0.122 e. The van der Waals surface area contributed by atoms with Gasteiger partial charge in [0, 0.05) is 0 Å². The minimum absolute atomic E-state index is 0.204. The van der Waals surface area contributed by atoms with E-state index in [0.717, 1.165) is 25.3 Å². The Balaban J connectivity index is 2.64. The molecule has 1 N–H and O–H groups in total. The Bertz CT molecular complexity index is 352. The van der Waals surface area contributed by atoms with Crippen LogP contribution in [0.2, 0.25) is 0 Å². The molecule has 0 unspecified atom stereocenters. The molecule has 0 radical (unpaired) electrons. The molecule has 17 heavy (non-hydrogen) atoms. The van der Waals surface area contributed by atoms with Crippen molar-refractivity contribution in [3.8, 4) is 5.75 Å². The lowest BCUT2D eigenvalue weighted by molar-refractivity contribution is 0.307. The van der Waals surface area contributed by atoms with Gasteiger partial charge in [0.15, 0.2) is 0 Å². The highest BCUT2D eigenvalue weighted by atomic mass is 16.5. The van der Waals surface area contributed by atoms with E-state index >= 15 is 0 Å². The van der Waals surface area contributed by atoms with E-state index in [4.69, 9.17) is 4.74 Å². The molecule has 0 aliphatic rings. The van der Waals surface area contributed by atoms with Gasteiger partial charge in [-0.2, -0.15) is 0 Å². The van der Waals surface area contributed by atoms with Gasteiger partial charge in [0.1, 0.15) is 5.75 Å². The summed E-state index contributed by atoms with van der Waals surface area (Å²) in [5.74, 6) is 1.01. The molecule has 2 heteroatoms. The lowest BCUT2D eigenvalue weighted by Gasteiger charge is -2.20. The highest BCUT2D eigenvalue weighted by Gasteiger charge is 2.14. The number of rotatable bonds is 5. The Morgan fingerprint density at radius 1 is 1.24 bits per heavy atom. The molecule has 0 spiro atoms. The molecule has 0 heterocycles. The molecule has 1 rings (SSSR count). The molecule has 0 fully saturated rings. The quantitative estimate of drug-likeness (QED) is 0.791. The van der Waals surface area contributed by atoms with Crippen molar-refractivity contribution in [2.24, 2.45) is 0 Å². The van der Waals surface area contributed by atoms with Crippen LogP contribution in [0.3, 0.4) is 0 Å². The summed E-state index contributed by atoms with van der Waals surface area (Å²) in [5.41, 5.74) is 2.79. The molecule has 0 saturated carbocycles. The fourth-order valence-corrected chi connectivity index (χ4v) is 1.71. The van der Waals surface area contributed by atoms with Crippen LogP contribution in [0.1, 0.15) is 38.3 Å². The first-order valence-electron chi connectivity index (χ1n) is 6.33. The smallest absolute Gasteiger partial charge is 0.122 e. The third kappa shape index (κ3) is 4.39. The molecule has 1 aromatic carbocycles. The SMILES string of the molecule is CNCCCOc1ccc(C(C)(C)C)cc1C. The van der Waals surface area contributed by atoms with Gasteiger partial charge in [0.25, 0.3) is 0 Å². The minimum atomic E-state index is 0.204. The summed E-state index contributed by atoms with van der Waals surface area (Å²) in [6.07, 6.45) is 1.04. The molecule has 2 nitrogen and oxygen atoms in total. The number of aryl methyl sites for hydroxylation is 1. The van der Waals surface area contributed by atoms with Crippen LogP contribution < -0.4 is 10.1 Å². The predicted molar refractivity (Wildman–Crippen MR) is 73.9 cm³/mol. The van der Waals surface area contributed by atoms with Crippen molar-refractivity contribution in [1.29, 1.82) is 0 Å². The lowest BCUT2D eigenvalue weighted by Crippen LogP contribution is -2.13. The van der Waals surface area contributed by atoms with Crippen LogP contribution in [-0.2, 0) is 5.41 Å². The molecule has 96 valence electrons. The van der Waals surface area contributed by atoms with Crippen LogP contribution in [-0.4, -0.2) is 20.2 Å². The van der Waals surface area contributed by atoms with Gasteiger partial charge in [-0.15, -0.1) is 0 Å². The standard InChI is InChI=1S/C15H25NO/c1-12-11-13(15(2,3)4)7-8-14(12)17-10-6-9-16-5/h7-8,11,16H,6,9-10H2,1-5H3. The van der Waals surface area contributed by atoms with Crippen molar-refractivity contribution in [3.63, 3.8) is 0 Å². The first-order valence-corrected chi connectivity index (χ1v) is 6.33. The van der Waals surface area contributed by atoms with Gasteiger partial charge >= 0.3 is 0 Å². The van der Waals surface area contributed by atoms with Crippen LogP contribution in [0.4, 0.5) is 0 Å². The summed E-state index contributed by atoms with van der Waals surface area (Å²) in [7, 11) is 1.96. The first-order chi connectivity index (χ1) is 7.95. The largest absolute Gasteiger partial charge is 0.493 e. The van der Waals surface area contributed by atoms with E-state index in [1.54, 1.807) is 0 Å². The normalized spacial score (nSPS) is 11.6. The number of benzene rings is 1. The van der Waals surface area contributed by atoms with Gasteiger partial charge in [-0.3, -0.25) is 0 Å². The van der Waals surface area contributed by atoms with Crippen molar-refractivity contribution in [2.45, 2.75) is 39.5 Å². The second kappa shape index (κ2) is 6.06. The fourth-order valence-electron chi connectivity index (χ4n) is 1.71. The fraction of sp³-hybridized carbons (Fsp3) is 0.600. The summed E-state index contributed by atoms with van der Waals surface area (Å²) in [4.78, 5) is 0. The van der Waals surface area contributed by atoms with Crippen LogP contribution in [0, 0.1) is 6.92 Å². The Hall–Kier alpha value is -1.02. The zero-order valence-corrected chi connectivity index (χ0v) is 11.8. The summed E-state index contributed by atoms with van der Waals surface area (Å²) in [6.45, 7) is 10.6. The summed E-state index contributed by atoms with van der Waals surface area (Å²) in [6, 6.07) is 6.49. The van der Waals surface area contributed by atoms with Crippen molar-refractivity contribution >= 4 is 0 Å². The summed E-state index contributed by atoms with van der Waals surface area (Å²) in [5, 5.41) is 3.12. The van der Waals surface area contributed by atoms with Gasteiger partial charge in [0.05, 0.1) is 6.61 Å². The van der Waals surface area contributed by atoms with E-state index in [-0.39, 0.29) is 5.41 Å². The van der Waals surface area contributed by atoms with Crippen molar-refractivity contribution in [3.05, 3.63) is 29.3 Å². The van der Waals surface area contributed by atoms with E-state index < -0.39 is 0 Å². The maximum atomic E-state index is 5.77. The van der Waals surface area contributed by atoms with Gasteiger partial charge < -0.3 is 10.1 Å². The van der Waals surface area contributed by atoms with E-state index in [9.17, 15) is 0 Å². The van der Waals surface area contributed by atoms with Crippen molar-refractivity contribution < 1.29 is 4.74 Å². The molecule has 0 amide bonds. The Morgan fingerprint density at radius 2 is 1.94 bits per heavy atom. The van der Waals surface area contributed by atoms with Gasteiger partial charge in [-0.05, 0) is 49.5 Å². The van der Waals surface area contributed by atoms with Crippen LogP contribution in [0.25, 0.3) is 0 Å². The maximum absolute atomic E-state index is 5.77. The first kappa shape index (κ1) is 14.0. The number of hydrogen-bond acceptors (Lipinski definition) is 2. The van der Waals surface area contributed by atoms with Gasteiger partial charge in [0.2, 0.25) is 0 Å². The molecule has 0 atom stereocenters. The van der Waals surface area contributed by atoms with E-state index in [0.29, 0.717) is 0 Å². The second-order valence-corrected chi connectivity index (χ2v) is 5.54. The average Bonchev–Trinajstić information content (AvgIpc) is 2.24. The van der Waals surface area contributed by atoms with Gasteiger partial charge in [-0.1, -0.05) is 32.9 Å². The molecular weight excluding hydrogens is 210 g/mol. The summed E-state index contributed by atoms with van der Waals surface area (Å²) >= 11 is 0. The number of ether oxygens (including phenoxy) is 1. The zero-order valence-electron chi connectivity index (χ0n) is 11.8. The second-order valence-electron chi connectivity index (χ2n) is 5.54. The Kier molecular flexibility index (Phi) is 5.01. The predicted octanol–water partition coefficient (Wildman–Crippen LogP) is 3.28. The molecular formula is C15H25NO. The minimum Gasteiger partial charge on any atom is -0.493 e. The van der Waals surface area contributed by atoms with Crippen LogP contribution in [0.15, 0.2) is 18.2 Å². The average molecular weight is 235 g/mol. The zero-order chi connectivity index (χ0) is 12.9. The molecule has 0 bridgehead atoms. The Morgan fingerprint density at radius 3 is 2.47 bits per heavy atom. The molecule has 0 aromatic heterocycles. The molecule has 1 aromatic rings. The third-order valence-corrected chi connectivity index (χ3v) is 2.87. The number of nitrogens with one attached hydrogen (secondary N) is 1. The Labute approximate surface area is 105 Å². The highest BCUT2D eigenvalue weighted by molar-refractivity contribution is 5.38. The molecule has 0 aliphatic carbocycles. The molecule has 0 saturated heterocycles. The van der Waals surface area contributed by atoms with Gasteiger partial charge in [-0.25, -0.2) is 0 Å². The monoisotopic (exact) mass is 235 g/mol. The number of hydrogen-bond donors (Lipinski definition) is 1.